The average Bonchev–Trinajstić information content (AvgIpc) is 2.72. The minimum absolute atomic E-state index is 0.0247. The number of carbonyl (C=O) groups is 1. The number of aromatic amines is 1. The fourth-order valence-electron chi connectivity index (χ4n) is 2.16. The molecule has 1 heterocycles. The predicted molar refractivity (Wildman–Crippen MR) is 78.7 cm³/mol. The summed E-state index contributed by atoms with van der Waals surface area (Å²) in [7, 11) is 1.49. The monoisotopic (exact) mass is 273 g/mol. The van der Waals surface area contributed by atoms with E-state index in [1.165, 1.54) is 12.7 Å². The highest BCUT2D eigenvalue weighted by atomic mass is 16.5. The van der Waals surface area contributed by atoms with Crippen molar-refractivity contribution >= 4 is 11.6 Å². The third-order valence-corrected chi connectivity index (χ3v) is 3.12. The lowest BCUT2D eigenvalue weighted by Crippen LogP contribution is -2.17. The van der Waals surface area contributed by atoms with Crippen LogP contribution in [0.3, 0.4) is 0 Å². The Kier molecular flexibility index (Phi) is 4.20. The Bertz CT molecular complexity index is 632. The first kappa shape index (κ1) is 14.3. The number of anilines is 1. The number of nitrogens with one attached hydrogen (secondary N) is 2. The molecule has 2 N–H and O–H groups in total. The molecule has 5 nitrogen and oxygen atoms in total. The van der Waals surface area contributed by atoms with Crippen LogP contribution in [0.25, 0.3) is 11.3 Å². The van der Waals surface area contributed by atoms with E-state index in [0.29, 0.717) is 5.69 Å². The molecule has 0 aliphatic rings. The van der Waals surface area contributed by atoms with Crippen molar-refractivity contribution in [3.05, 3.63) is 35.0 Å². The van der Waals surface area contributed by atoms with Crippen molar-refractivity contribution in [2.24, 2.45) is 0 Å². The van der Waals surface area contributed by atoms with Gasteiger partial charge in [0.2, 0.25) is 5.91 Å². The molecule has 0 spiro atoms. The molecule has 0 aliphatic carbocycles. The Hall–Kier alpha value is -2.14. The molecular weight excluding hydrogens is 254 g/mol. The minimum atomic E-state index is -0.192. The van der Waals surface area contributed by atoms with Crippen molar-refractivity contribution in [2.75, 3.05) is 19.0 Å². The molecule has 1 amide bonds. The molecule has 0 atom stereocenters. The summed E-state index contributed by atoms with van der Waals surface area (Å²) in [4.78, 5) is 11.7. The first-order valence-corrected chi connectivity index (χ1v) is 6.44. The van der Waals surface area contributed by atoms with Gasteiger partial charge in [0.05, 0.1) is 11.4 Å². The summed E-state index contributed by atoms with van der Waals surface area (Å²) in [5, 5.41) is 10.1. The van der Waals surface area contributed by atoms with Crippen molar-refractivity contribution in [1.29, 1.82) is 0 Å². The Morgan fingerprint density at radius 1 is 1.35 bits per heavy atom. The van der Waals surface area contributed by atoms with Gasteiger partial charge in [-0.3, -0.25) is 9.89 Å². The number of aryl methyl sites for hydroxylation is 3. The quantitative estimate of drug-likeness (QED) is 0.899. The van der Waals surface area contributed by atoms with E-state index >= 15 is 0 Å². The van der Waals surface area contributed by atoms with Crippen molar-refractivity contribution in [1.82, 2.24) is 10.2 Å². The number of carbonyl (C=O) groups excluding carboxylic acids is 1. The first-order chi connectivity index (χ1) is 9.52. The number of rotatable bonds is 4. The summed E-state index contributed by atoms with van der Waals surface area (Å²) in [6.07, 6.45) is 0. The fraction of sp³-hybridized carbons (Fsp3) is 0.333. The van der Waals surface area contributed by atoms with Crippen molar-refractivity contribution in [3.8, 4) is 11.3 Å². The largest absolute Gasteiger partial charge is 0.375 e. The van der Waals surface area contributed by atoms with Crippen molar-refractivity contribution in [2.45, 2.75) is 20.8 Å². The summed E-state index contributed by atoms with van der Waals surface area (Å²) in [6.45, 7) is 5.99. The molecule has 1 aromatic heterocycles. The fourth-order valence-corrected chi connectivity index (χ4v) is 2.16. The predicted octanol–water partition coefficient (Wildman–Crippen LogP) is 2.59. The van der Waals surface area contributed by atoms with E-state index < -0.39 is 0 Å². The van der Waals surface area contributed by atoms with Crippen molar-refractivity contribution < 1.29 is 9.53 Å². The number of nitrogens with zero attached hydrogens (tertiary/aromatic N) is 1. The summed E-state index contributed by atoms with van der Waals surface area (Å²) in [6, 6.07) is 6.15. The van der Waals surface area contributed by atoms with E-state index in [0.717, 1.165) is 22.5 Å². The first-order valence-electron chi connectivity index (χ1n) is 6.44. The highest BCUT2D eigenvalue weighted by Gasteiger charge is 2.16. The van der Waals surface area contributed by atoms with Crippen LogP contribution in [0.4, 0.5) is 5.69 Å². The number of hydrogen-bond acceptors (Lipinski definition) is 3. The second kappa shape index (κ2) is 5.88. The van der Waals surface area contributed by atoms with Crippen molar-refractivity contribution in [3.63, 3.8) is 0 Å². The third-order valence-electron chi connectivity index (χ3n) is 3.12. The highest BCUT2D eigenvalue weighted by Crippen LogP contribution is 2.31. The Morgan fingerprint density at radius 2 is 2.10 bits per heavy atom. The average molecular weight is 273 g/mol. The maximum Gasteiger partial charge on any atom is 0.250 e. The highest BCUT2D eigenvalue weighted by molar-refractivity contribution is 5.96. The van der Waals surface area contributed by atoms with E-state index in [2.05, 4.69) is 21.6 Å². The van der Waals surface area contributed by atoms with Gasteiger partial charge in [-0.1, -0.05) is 23.8 Å². The van der Waals surface area contributed by atoms with Gasteiger partial charge in [0, 0.05) is 12.7 Å². The molecule has 2 rings (SSSR count). The SMILES string of the molecule is COCC(=O)Nc1c(-c2ccc(C)cc2C)n[nH]c1C. The minimum Gasteiger partial charge on any atom is -0.375 e. The molecule has 0 saturated heterocycles. The Morgan fingerprint density at radius 3 is 2.75 bits per heavy atom. The molecule has 0 fully saturated rings. The Balaban J connectivity index is 2.40. The molecule has 2 aromatic rings. The van der Waals surface area contributed by atoms with E-state index in [4.69, 9.17) is 4.74 Å². The summed E-state index contributed by atoms with van der Waals surface area (Å²) in [5.74, 6) is -0.192. The van der Waals surface area contributed by atoms with Crippen LogP contribution in [0.15, 0.2) is 18.2 Å². The number of ether oxygens (including phenoxy) is 1. The normalized spacial score (nSPS) is 10.6. The topological polar surface area (TPSA) is 67.0 Å². The van der Waals surface area contributed by atoms with Crippen LogP contribution in [-0.4, -0.2) is 29.8 Å². The van der Waals surface area contributed by atoms with E-state index in [1.807, 2.05) is 32.9 Å². The van der Waals surface area contributed by atoms with Gasteiger partial charge in [-0.15, -0.1) is 0 Å². The molecule has 106 valence electrons. The molecule has 20 heavy (non-hydrogen) atoms. The third kappa shape index (κ3) is 2.88. The lowest BCUT2D eigenvalue weighted by Gasteiger charge is -2.09. The molecule has 0 saturated carbocycles. The smallest absolute Gasteiger partial charge is 0.250 e. The number of benzene rings is 1. The maximum absolute atomic E-state index is 11.7. The van der Waals surface area contributed by atoms with Crippen LogP contribution >= 0.6 is 0 Å². The summed E-state index contributed by atoms with van der Waals surface area (Å²) < 4.78 is 4.83. The van der Waals surface area contributed by atoms with Gasteiger partial charge >= 0.3 is 0 Å². The van der Waals surface area contributed by atoms with E-state index in [9.17, 15) is 4.79 Å². The Labute approximate surface area is 118 Å². The lowest BCUT2D eigenvalue weighted by atomic mass is 10.0. The lowest BCUT2D eigenvalue weighted by molar-refractivity contribution is -0.119. The molecule has 5 heteroatoms. The van der Waals surface area contributed by atoms with Gasteiger partial charge in [-0.05, 0) is 26.3 Å². The van der Waals surface area contributed by atoms with Gasteiger partial charge in [0.25, 0.3) is 0 Å². The summed E-state index contributed by atoms with van der Waals surface area (Å²) >= 11 is 0. The molecule has 0 radical (unpaired) electrons. The van der Waals surface area contributed by atoms with Crippen LogP contribution in [0.2, 0.25) is 0 Å². The van der Waals surface area contributed by atoms with Crippen LogP contribution in [0.5, 0.6) is 0 Å². The number of methoxy groups -OCH3 is 1. The number of amides is 1. The standard InChI is InChI=1S/C15H19N3O2/c1-9-5-6-12(10(2)7-9)15-14(11(3)17-18-15)16-13(19)8-20-4/h5-7H,8H2,1-4H3,(H,16,19)(H,17,18). The zero-order chi connectivity index (χ0) is 14.7. The van der Waals surface area contributed by atoms with E-state index in [1.54, 1.807) is 0 Å². The van der Waals surface area contributed by atoms with Crippen LogP contribution in [0, 0.1) is 20.8 Å². The number of aromatic nitrogens is 2. The van der Waals surface area contributed by atoms with Crippen LogP contribution < -0.4 is 5.32 Å². The zero-order valence-electron chi connectivity index (χ0n) is 12.2. The maximum atomic E-state index is 11.7. The summed E-state index contributed by atoms with van der Waals surface area (Å²) in [5.41, 5.74) is 5.61. The molecule has 0 aliphatic heterocycles. The van der Waals surface area contributed by atoms with Crippen LogP contribution in [0.1, 0.15) is 16.8 Å². The van der Waals surface area contributed by atoms with Gasteiger partial charge in [0.1, 0.15) is 12.3 Å². The second-order valence-corrected chi connectivity index (χ2v) is 4.87. The molecule has 1 aromatic carbocycles. The van der Waals surface area contributed by atoms with Crippen LogP contribution in [-0.2, 0) is 9.53 Å². The van der Waals surface area contributed by atoms with E-state index in [-0.39, 0.29) is 12.5 Å². The van der Waals surface area contributed by atoms with Gasteiger partial charge in [-0.25, -0.2) is 0 Å². The zero-order valence-corrected chi connectivity index (χ0v) is 12.2. The molecule has 0 bridgehead atoms. The second-order valence-electron chi connectivity index (χ2n) is 4.87. The number of hydrogen-bond donors (Lipinski definition) is 2. The molecular formula is C15H19N3O2. The number of H-pyrrole nitrogens is 1. The van der Waals surface area contributed by atoms with Gasteiger partial charge in [-0.2, -0.15) is 5.10 Å². The molecule has 0 unspecified atom stereocenters. The van der Waals surface area contributed by atoms with Gasteiger partial charge in [0.15, 0.2) is 0 Å². The van der Waals surface area contributed by atoms with Gasteiger partial charge < -0.3 is 10.1 Å².